The maximum absolute atomic E-state index is 12.4. The molecule has 2 aromatic heterocycles. The van der Waals surface area contributed by atoms with Crippen LogP contribution in [-0.2, 0) is 6.42 Å². The first kappa shape index (κ1) is 18.5. The fraction of sp³-hybridized carbons (Fsp3) is 0.158. The van der Waals surface area contributed by atoms with Crippen LogP contribution in [-0.4, -0.2) is 21.8 Å². The van der Waals surface area contributed by atoms with Gasteiger partial charge < -0.3 is 15.8 Å². The number of rotatable bonds is 6. The van der Waals surface area contributed by atoms with Crippen LogP contribution in [0.2, 0.25) is 0 Å². The molecule has 0 unspecified atom stereocenters. The van der Waals surface area contributed by atoms with E-state index in [1.54, 1.807) is 30.3 Å². The molecule has 0 aliphatic carbocycles. The zero-order valence-electron chi connectivity index (χ0n) is 14.9. The lowest BCUT2D eigenvalue weighted by Gasteiger charge is -2.07. The molecule has 0 aliphatic rings. The Morgan fingerprint density at radius 3 is 2.70 bits per heavy atom. The normalized spacial score (nSPS) is 10.4. The highest BCUT2D eigenvalue weighted by Gasteiger charge is 2.15. The summed E-state index contributed by atoms with van der Waals surface area (Å²) in [5.74, 6) is 0.0326. The molecule has 1 aromatic carbocycles. The van der Waals surface area contributed by atoms with E-state index >= 15 is 0 Å². The standard InChI is InChI=1S/C19H18N4O3S/c1-3-16-22-11(2)17(27-16)19(25)23-13-7-8-15(21-10-13)26-14-6-4-5-12(9-14)18(20)24/h4-10H,3H2,1-2H3,(H2,20,24)(H,23,25). The van der Waals surface area contributed by atoms with Gasteiger partial charge in [0.25, 0.3) is 5.91 Å². The van der Waals surface area contributed by atoms with Gasteiger partial charge in [-0.3, -0.25) is 9.59 Å². The molecule has 2 amide bonds. The van der Waals surface area contributed by atoms with E-state index in [0.29, 0.717) is 27.8 Å². The van der Waals surface area contributed by atoms with Crippen molar-refractivity contribution in [3.8, 4) is 11.6 Å². The number of anilines is 1. The highest BCUT2D eigenvalue weighted by Crippen LogP contribution is 2.23. The molecule has 8 heteroatoms. The molecule has 3 rings (SSSR count). The number of pyridine rings is 1. The predicted octanol–water partition coefficient (Wildman–Crippen LogP) is 3.55. The topological polar surface area (TPSA) is 107 Å². The van der Waals surface area contributed by atoms with Gasteiger partial charge in [0, 0.05) is 11.6 Å². The van der Waals surface area contributed by atoms with Gasteiger partial charge in [-0.15, -0.1) is 11.3 Å². The van der Waals surface area contributed by atoms with Crippen LogP contribution in [0.5, 0.6) is 11.6 Å². The monoisotopic (exact) mass is 382 g/mol. The fourth-order valence-electron chi connectivity index (χ4n) is 2.35. The Bertz CT molecular complexity index is 983. The molecule has 27 heavy (non-hydrogen) atoms. The van der Waals surface area contributed by atoms with Crippen LogP contribution in [0.3, 0.4) is 0 Å². The van der Waals surface area contributed by atoms with Crippen molar-refractivity contribution in [2.75, 3.05) is 5.32 Å². The number of hydrogen-bond donors (Lipinski definition) is 2. The van der Waals surface area contributed by atoms with Gasteiger partial charge in [-0.25, -0.2) is 9.97 Å². The number of aryl methyl sites for hydroxylation is 2. The summed E-state index contributed by atoms with van der Waals surface area (Å²) in [4.78, 5) is 32.7. The Hall–Kier alpha value is -3.26. The van der Waals surface area contributed by atoms with Crippen LogP contribution < -0.4 is 15.8 Å². The molecule has 0 spiro atoms. The third-order valence-corrected chi connectivity index (χ3v) is 4.99. The second-order valence-corrected chi connectivity index (χ2v) is 6.79. The number of amides is 2. The molecule has 0 saturated carbocycles. The van der Waals surface area contributed by atoms with Gasteiger partial charge in [-0.2, -0.15) is 0 Å². The average molecular weight is 382 g/mol. The molecule has 138 valence electrons. The highest BCUT2D eigenvalue weighted by atomic mass is 32.1. The van der Waals surface area contributed by atoms with Gasteiger partial charge in [-0.05, 0) is 37.6 Å². The quantitative estimate of drug-likeness (QED) is 0.678. The van der Waals surface area contributed by atoms with Crippen LogP contribution in [0.1, 0.15) is 37.7 Å². The molecule has 0 fully saturated rings. The van der Waals surface area contributed by atoms with Gasteiger partial charge in [0.15, 0.2) is 0 Å². The Kier molecular flexibility index (Phi) is 5.46. The minimum absolute atomic E-state index is 0.214. The minimum atomic E-state index is -0.531. The fourth-order valence-corrected chi connectivity index (χ4v) is 3.25. The third-order valence-electron chi connectivity index (χ3n) is 3.68. The molecular formula is C19H18N4O3S. The van der Waals surface area contributed by atoms with Crippen LogP contribution in [0.4, 0.5) is 5.69 Å². The lowest BCUT2D eigenvalue weighted by Crippen LogP contribution is -2.11. The van der Waals surface area contributed by atoms with Crippen molar-refractivity contribution >= 4 is 28.8 Å². The van der Waals surface area contributed by atoms with Gasteiger partial charge in [-0.1, -0.05) is 13.0 Å². The predicted molar refractivity (Wildman–Crippen MR) is 103 cm³/mol. The Labute approximate surface area is 160 Å². The lowest BCUT2D eigenvalue weighted by molar-refractivity contribution is 0.0997. The summed E-state index contributed by atoms with van der Waals surface area (Å²) in [7, 11) is 0. The van der Waals surface area contributed by atoms with E-state index in [1.807, 2.05) is 13.8 Å². The van der Waals surface area contributed by atoms with Crippen molar-refractivity contribution in [1.82, 2.24) is 9.97 Å². The Balaban J connectivity index is 1.68. The maximum atomic E-state index is 12.4. The van der Waals surface area contributed by atoms with Crippen LogP contribution in [0, 0.1) is 6.92 Å². The molecule has 0 aliphatic heterocycles. The first-order chi connectivity index (χ1) is 13.0. The number of ether oxygens (including phenoxy) is 1. The largest absolute Gasteiger partial charge is 0.439 e. The van der Waals surface area contributed by atoms with Gasteiger partial charge in [0.1, 0.15) is 10.6 Å². The second kappa shape index (κ2) is 7.96. The Morgan fingerprint density at radius 1 is 1.26 bits per heavy atom. The van der Waals surface area contributed by atoms with Gasteiger partial charge in [0.05, 0.1) is 22.6 Å². The molecule has 0 saturated heterocycles. The number of nitrogens with two attached hydrogens (primary N) is 1. The maximum Gasteiger partial charge on any atom is 0.267 e. The van der Waals surface area contributed by atoms with E-state index in [9.17, 15) is 9.59 Å². The first-order valence-electron chi connectivity index (χ1n) is 8.27. The third kappa shape index (κ3) is 4.48. The highest BCUT2D eigenvalue weighted by molar-refractivity contribution is 7.13. The van der Waals surface area contributed by atoms with Crippen LogP contribution >= 0.6 is 11.3 Å². The van der Waals surface area contributed by atoms with Crippen molar-refractivity contribution in [3.05, 3.63) is 63.7 Å². The second-order valence-electron chi connectivity index (χ2n) is 5.71. The molecule has 7 nitrogen and oxygen atoms in total. The number of nitrogens with zero attached hydrogens (tertiary/aromatic N) is 2. The van der Waals surface area contributed by atoms with E-state index < -0.39 is 5.91 Å². The van der Waals surface area contributed by atoms with E-state index in [1.165, 1.54) is 23.6 Å². The molecule has 0 radical (unpaired) electrons. The zero-order chi connectivity index (χ0) is 19.4. The zero-order valence-corrected chi connectivity index (χ0v) is 15.7. The van der Waals surface area contributed by atoms with Crippen LogP contribution in [0.15, 0.2) is 42.6 Å². The average Bonchev–Trinajstić information content (AvgIpc) is 3.04. The van der Waals surface area contributed by atoms with Crippen molar-refractivity contribution in [2.45, 2.75) is 20.3 Å². The minimum Gasteiger partial charge on any atom is -0.439 e. The van der Waals surface area contributed by atoms with Gasteiger partial charge in [0.2, 0.25) is 11.8 Å². The van der Waals surface area contributed by atoms with E-state index in [-0.39, 0.29) is 5.91 Å². The number of thiazole rings is 1. The number of carbonyl (C=O) groups is 2. The van der Waals surface area contributed by atoms with Crippen molar-refractivity contribution in [1.29, 1.82) is 0 Å². The molecule has 3 aromatic rings. The summed E-state index contributed by atoms with van der Waals surface area (Å²) in [5.41, 5.74) is 6.87. The van der Waals surface area contributed by atoms with E-state index in [2.05, 4.69) is 15.3 Å². The molecule has 0 bridgehead atoms. The van der Waals surface area contributed by atoms with Crippen molar-refractivity contribution < 1.29 is 14.3 Å². The van der Waals surface area contributed by atoms with Crippen molar-refractivity contribution in [2.24, 2.45) is 5.73 Å². The van der Waals surface area contributed by atoms with Crippen LogP contribution in [0.25, 0.3) is 0 Å². The van der Waals surface area contributed by atoms with E-state index in [0.717, 1.165) is 17.1 Å². The summed E-state index contributed by atoms with van der Waals surface area (Å²) in [6.07, 6.45) is 2.30. The smallest absolute Gasteiger partial charge is 0.267 e. The first-order valence-corrected chi connectivity index (χ1v) is 9.09. The number of benzene rings is 1. The summed E-state index contributed by atoms with van der Waals surface area (Å²) in [6.45, 7) is 3.82. The SMILES string of the molecule is CCc1nc(C)c(C(=O)Nc2ccc(Oc3cccc(C(N)=O)c3)nc2)s1. The van der Waals surface area contributed by atoms with Gasteiger partial charge >= 0.3 is 0 Å². The number of hydrogen-bond acceptors (Lipinski definition) is 6. The lowest BCUT2D eigenvalue weighted by atomic mass is 10.2. The Morgan fingerprint density at radius 2 is 2.07 bits per heavy atom. The molecule has 0 atom stereocenters. The number of nitrogens with one attached hydrogen (secondary N) is 1. The van der Waals surface area contributed by atoms with E-state index in [4.69, 9.17) is 10.5 Å². The number of primary amides is 1. The van der Waals surface area contributed by atoms with Crippen molar-refractivity contribution in [3.63, 3.8) is 0 Å². The number of aromatic nitrogens is 2. The number of carbonyl (C=O) groups excluding carboxylic acids is 2. The molecule has 2 heterocycles. The summed E-state index contributed by atoms with van der Waals surface area (Å²) < 4.78 is 5.61. The summed E-state index contributed by atoms with van der Waals surface area (Å²) >= 11 is 1.39. The molecule has 3 N–H and O–H groups in total. The summed E-state index contributed by atoms with van der Waals surface area (Å²) in [6, 6.07) is 9.83. The summed E-state index contributed by atoms with van der Waals surface area (Å²) in [5, 5.41) is 3.73. The molecular weight excluding hydrogens is 364 g/mol.